The maximum Gasteiger partial charge on any atom is 0.406 e. The number of hydrogen-bond donors (Lipinski definition) is 2. The summed E-state index contributed by atoms with van der Waals surface area (Å²) < 4.78 is 40.6. The van der Waals surface area contributed by atoms with E-state index in [9.17, 15) is 27.6 Å². The van der Waals surface area contributed by atoms with Crippen molar-refractivity contribution in [3.8, 4) is 0 Å². The molecule has 4 heterocycles. The number of imidazole rings is 1. The van der Waals surface area contributed by atoms with Gasteiger partial charge in [-0.3, -0.25) is 19.4 Å². The van der Waals surface area contributed by atoms with E-state index >= 15 is 0 Å². The van der Waals surface area contributed by atoms with Gasteiger partial charge in [-0.2, -0.15) is 13.2 Å². The molecule has 3 fully saturated rings. The van der Waals surface area contributed by atoms with E-state index < -0.39 is 31.2 Å². The van der Waals surface area contributed by atoms with Gasteiger partial charge in [-0.1, -0.05) is 0 Å². The summed E-state index contributed by atoms with van der Waals surface area (Å²) in [5, 5.41) is 6.03. The Labute approximate surface area is 214 Å². The number of pyridine rings is 2. The molecule has 13 heteroatoms. The molecule has 6 rings (SSSR count). The van der Waals surface area contributed by atoms with Crippen LogP contribution in [0.4, 0.5) is 35.2 Å². The Morgan fingerprint density at radius 1 is 1.11 bits per heavy atom. The summed E-state index contributed by atoms with van der Waals surface area (Å²) in [6, 6.07) is 4.21. The number of nitrogens with one attached hydrogen (secondary N) is 2. The van der Waals surface area contributed by atoms with Gasteiger partial charge in [0.25, 0.3) is 5.91 Å². The Morgan fingerprint density at radius 3 is 2.61 bits per heavy atom. The second-order valence-electron chi connectivity index (χ2n) is 9.91. The standard InChI is InChI=1S/C25H24F3N7O3/c26-25(27,28)13-35-21(36)12-34(24(35)38)19-7-16(14-1-2-14)10-33-11-18(31-22(19)33)9-30-17-5-6-29-20(8-17)32-23(37)15-3-4-15/h5-8,10-11,14-15H,1-4,9,12-13H2,(H2,29,30,32,37). The summed E-state index contributed by atoms with van der Waals surface area (Å²) in [5.41, 5.74) is 2.94. The van der Waals surface area contributed by atoms with Crippen LogP contribution in [0.1, 0.15) is 42.9 Å². The van der Waals surface area contributed by atoms with Crippen molar-refractivity contribution in [3.63, 3.8) is 0 Å². The van der Waals surface area contributed by atoms with Crippen LogP contribution in [-0.4, -0.2) is 56.4 Å². The summed E-state index contributed by atoms with van der Waals surface area (Å²) in [7, 11) is 0. The number of imide groups is 1. The fourth-order valence-corrected chi connectivity index (χ4v) is 4.52. The molecule has 0 atom stereocenters. The highest BCUT2D eigenvalue weighted by molar-refractivity contribution is 6.13. The zero-order valence-corrected chi connectivity index (χ0v) is 20.2. The second-order valence-corrected chi connectivity index (χ2v) is 9.91. The highest BCUT2D eigenvalue weighted by atomic mass is 19.4. The zero-order valence-electron chi connectivity index (χ0n) is 20.2. The highest BCUT2D eigenvalue weighted by Crippen LogP contribution is 2.42. The molecule has 3 aliphatic rings. The van der Waals surface area contributed by atoms with Crippen molar-refractivity contribution in [2.24, 2.45) is 5.92 Å². The van der Waals surface area contributed by atoms with E-state index in [1.165, 1.54) is 0 Å². The van der Waals surface area contributed by atoms with Crippen molar-refractivity contribution in [1.29, 1.82) is 0 Å². The average Bonchev–Trinajstić information content (AvgIpc) is 3.79. The summed E-state index contributed by atoms with van der Waals surface area (Å²) in [5.74, 6) is -0.156. The molecule has 3 aromatic heterocycles. The van der Waals surface area contributed by atoms with Gasteiger partial charge in [-0.05, 0) is 49.3 Å². The summed E-state index contributed by atoms with van der Waals surface area (Å²) in [6.45, 7) is -1.81. The minimum Gasteiger partial charge on any atom is -0.379 e. The molecule has 0 unspecified atom stereocenters. The molecule has 0 aromatic carbocycles. The Hall–Kier alpha value is -4.16. The molecule has 198 valence electrons. The quantitative estimate of drug-likeness (QED) is 0.430. The van der Waals surface area contributed by atoms with E-state index in [1.54, 1.807) is 35.0 Å². The van der Waals surface area contributed by atoms with Crippen LogP contribution < -0.4 is 15.5 Å². The molecule has 2 saturated carbocycles. The molecule has 1 aliphatic heterocycles. The van der Waals surface area contributed by atoms with E-state index in [0.29, 0.717) is 41.0 Å². The largest absolute Gasteiger partial charge is 0.406 e. The van der Waals surface area contributed by atoms with E-state index in [1.807, 2.05) is 6.20 Å². The number of carbonyl (C=O) groups excluding carboxylic acids is 3. The van der Waals surface area contributed by atoms with Crippen LogP contribution in [0.2, 0.25) is 0 Å². The molecule has 0 bridgehead atoms. The molecule has 2 N–H and O–H groups in total. The monoisotopic (exact) mass is 527 g/mol. The third kappa shape index (κ3) is 5.00. The van der Waals surface area contributed by atoms with Crippen LogP contribution in [0.3, 0.4) is 0 Å². The van der Waals surface area contributed by atoms with Gasteiger partial charge >= 0.3 is 12.2 Å². The van der Waals surface area contributed by atoms with Gasteiger partial charge in [0.15, 0.2) is 5.65 Å². The second kappa shape index (κ2) is 8.99. The minimum absolute atomic E-state index is 0.0438. The van der Waals surface area contributed by atoms with Crippen LogP contribution in [0.25, 0.3) is 5.65 Å². The predicted molar refractivity (Wildman–Crippen MR) is 131 cm³/mol. The van der Waals surface area contributed by atoms with Gasteiger partial charge in [-0.15, -0.1) is 0 Å². The summed E-state index contributed by atoms with van der Waals surface area (Å²) in [6.07, 6.45) is 4.31. The van der Waals surface area contributed by atoms with Gasteiger partial charge in [0.1, 0.15) is 18.9 Å². The van der Waals surface area contributed by atoms with Crippen molar-refractivity contribution in [3.05, 3.63) is 48.0 Å². The van der Waals surface area contributed by atoms with Gasteiger partial charge in [0.05, 0.1) is 17.9 Å². The normalized spacial score (nSPS) is 18.0. The number of urea groups is 1. The molecule has 10 nitrogen and oxygen atoms in total. The highest BCUT2D eigenvalue weighted by Gasteiger charge is 2.44. The summed E-state index contributed by atoms with van der Waals surface area (Å²) in [4.78, 5) is 47.3. The molecule has 38 heavy (non-hydrogen) atoms. The van der Waals surface area contributed by atoms with Crippen LogP contribution in [0, 0.1) is 5.92 Å². The van der Waals surface area contributed by atoms with Gasteiger partial charge in [0, 0.05) is 36.3 Å². The first-order chi connectivity index (χ1) is 18.1. The Bertz CT molecular complexity index is 1450. The lowest BCUT2D eigenvalue weighted by Gasteiger charge is -2.19. The maximum absolute atomic E-state index is 13.0. The zero-order chi connectivity index (χ0) is 26.6. The smallest absolute Gasteiger partial charge is 0.379 e. The van der Waals surface area contributed by atoms with Crippen molar-refractivity contribution in [1.82, 2.24) is 19.3 Å². The molecular weight excluding hydrogens is 503 g/mol. The minimum atomic E-state index is -4.69. The molecule has 2 aliphatic carbocycles. The molecule has 4 amide bonds. The third-order valence-electron chi connectivity index (χ3n) is 6.77. The number of alkyl halides is 3. The third-order valence-corrected chi connectivity index (χ3v) is 6.77. The van der Waals surface area contributed by atoms with Crippen molar-refractivity contribution in [2.45, 2.75) is 44.3 Å². The van der Waals surface area contributed by atoms with Crippen LogP contribution in [-0.2, 0) is 16.1 Å². The fraction of sp³-hybridized carbons (Fsp3) is 0.400. The van der Waals surface area contributed by atoms with Gasteiger partial charge in [0.2, 0.25) is 5.91 Å². The van der Waals surface area contributed by atoms with E-state index in [-0.39, 0.29) is 16.7 Å². The fourth-order valence-electron chi connectivity index (χ4n) is 4.52. The first-order valence-electron chi connectivity index (χ1n) is 12.4. The Balaban J connectivity index is 1.24. The SMILES string of the molecule is O=C(Nc1cc(NCc2cn3cc(C4CC4)cc(N4CC(=O)N(CC(F)(F)F)C4=O)c3n2)ccn1)C1CC1. The predicted octanol–water partition coefficient (Wildman–Crippen LogP) is 3.90. The lowest BCUT2D eigenvalue weighted by molar-refractivity contribution is -0.151. The van der Waals surface area contributed by atoms with Crippen molar-refractivity contribution >= 4 is 40.7 Å². The van der Waals surface area contributed by atoms with E-state index in [4.69, 9.17) is 0 Å². The van der Waals surface area contributed by atoms with Gasteiger partial charge < -0.3 is 15.0 Å². The van der Waals surface area contributed by atoms with Crippen LogP contribution >= 0.6 is 0 Å². The van der Waals surface area contributed by atoms with E-state index in [2.05, 4.69) is 20.6 Å². The average molecular weight is 528 g/mol. The molecule has 3 aromatic rings. The number of anilines is 3. The van der Waals surface area contributed by atoms with Crippen LogP contribution in [0.15, 0.2) is 36.8 Å². The number of carbonyl (C=O) groups is 3. The van der Waals surface area contributed by atoms with Crippen molar-refractivity contribution < 1.29 is 27.6 Å². The Kier molecular flexibility index (Phi) is 5.73. The lowest BCUT2D eigenvalue weighted by Crippen LogP contribution is -2.40. The number of aromatic nitrogens is 3. The molecule has 1 saturated heterocycles. The summed E-state index contributed by atoms with van der Waals surface area (Å²) >= 11 is 0. The number of fused-ring (bicyclic) bond motifs is 1. The number of hydrogen-bond acceptors (Lipinski definition) is 6. The topological polar surface area (TPSA) is 112 Å². The molecule has 0 radical (unpaired) electrons. The molecular formula is C25H24F3N7O3. The van der Waals surface area contributed by atoms with Gasteiger partial charge in [-0.25, -0.2) is 14.8 Å². The molecule has 0 spiro atoms. The number of nitrogens with zero attached hydrogens (tertiary/aromatic N) is 5. The first kappa shape index (κ1) is 24.2. The maximum atomic E-state index is 13.0. The van der Waals surface area contributed by atoms with Crippen molar-refractivity contribution in [2.75, 3.05) is 28.6 Å². The number of amides is 4. The number of halogens is 3. The van der Waals surface area contributed by atoms with E-state index in [0.717, 1.165) is 36.1 Å². The Morgan fingerprint density at radius 2 is 1.89 bits per heavy atom. The first-order valence-corrected chi connectivity index (χ1v) is 12.4. The lowest BCUT2D eigenvalue weighted by atomic mass is 10.1. The number of rotatable bonds is 8. The van der Waals surface area contributed by atoms with Crippen LogP contribution in [0.5, 0.6) is 0 Å².